The molecular formula is C14H18N2O5. The van der Waals surface area contributed by atoms with E-state index < -0.39 is 11.9 Å². The predicted molar refractivity (Wildman–Crippen MR) is 74.7 cm³/mol. The lowest BCUT2D eigenvalue weighted by molar-refractivity contribution is -0.124. The monoisotopic (exact) mass is 294 g/mol. The zero-order chi connectivity index (χ0) is 15.7. The highest BCUT2D eigenvalue weighted by atomic mass is 16.5. The zero-order valence-corrected chi connectivity index (χ0v) is 11.8. The van der Waals surface area contributed by atoms with Gasteiger partial charge < -0.3 is 20.5 Å². The van der Waals surface area contributed by atoms with Crippen LogP contribution in [0.3, 0.4) is 0 Å². The van der Waals surface area contributed by atoms with Crippen molar-refractivity contribution in [2.75, 3.05) is 19.8 Å². The Hall–Kier alpha value is -2.57. The number of ether oxygens (including phenoxy) is 2. The van der Waals surface area contributed by atoms with Gasteiger partial charge in [-0.2, -0.15) is 0 Å². The predicted octanol–water partition coefficient (Wildman–Crippen LogP) is 0.234. The van der Waals surface area contributed by atoms with Gasteiger partial charge in [-0.25, -0.2) is 4.79 Å². The van der Waals surface area contributed by atoms with Crippen molar-refractivity contribution >= 4 is 17.8 Å². The third kappa shape index (κ3) is 6.42. The van der Waals surface area contributed by atoms with Crippen LogP contribution in [0.2, 0.25) is 0 Å². The van der Waals surface area contributed by atoms with E-state index in [1.165, 1.54) is 24.3 Å². The highest BCUT2D eigenvalue weighted by Gasteiger charge is 2.10. The molecule has 3 N–H and O–H groups in total. The van der Waals surface area contributed by atoms with Crippen LogP contribution >= 0.6 is 0 Å². The molecule has 1 aromatic carbocycles. The van der Waals surface area contributed by atoms with Crippen molar-refractivity contribution in [2.45, 2.75) is 13.3 Å². The van der Waals surface area contributed by atoms with Crippen molar-refractivity contribution in [1.82, 2.24) is 5.32 Å². The minimum Gasteiger partial charge on any atom is -0.484 e. The number of amides is 2. The summed E-state index contributed by atoms with van der Waals surface area (Å²) < 4.78 is 9.91. The summed E-state index contributed by atoms with van der Waals surface area (Å²) >= 11 is 0. The molecule has 7 heteroatoms. The van der Waals surface area contributed by atoms with Gasteiger partial charge in [-0.05, 0) is 30.7 Å². The smallest absolute Gasteiger partial charge is 0.338 e. The second-order valence-electron chi connectivity index (χ2n) is 4.21. The molecule has 0 saturated carbocycles. The Morgan fingerprint density at radius 1 is 1.14 bits per heavy atom. The normalized spacial score (nSPS) is 9.76. The summed E-state index contributed by atoms with van der Waals surface area (Å²) in [6.07, 6.45) is 0.812. The molecule has 0 radical (unpaired) electrons. The Bertz CT molecular complexity index is 499. The number of carbonyl (C=O) groups excluding carboxylic acids is 3. The van der Waals surface area contributed by atoms with Crippen LogP contribution in [0.4, 0.5) is 0 Å². The molecule has 1 rings (SSSR count). The first-order chi connectivity index (χ1) is 10.0. The minimum absolute atomic E-state index is 0.235. The van der Waals surface area contributed by atoms with E-state index in [1.54, 1.807) is 0 Å². The largest absolute Gasteiger partial charge is 0.484 e. The lowest BCUT2D eigenvalue weighted by atomic mass is 10.2. The van der Waals surface area contributed by atoms with Gasteiger partial charge in [0.15, 0.2) is 13.2 Å². The molecule has 0 bridgehead atoms. The Labute approximate surface area is 122 Å². The fourth-order valence-electron chi connectivity index (χ4n) is 1.37. The molecule has 0 spiro atoms. The molecule has 114 valence electrons. The fourth-order valence-corrected chi connectivity index (χ4v) is 1.37. The van der Waals surface area contributed by atoms with Crippen LogP contribution in [0.1, 0.15) is 23.7 Å². The molecule has 1 aromatic rings. The van der Waals surface area contributed by atoms with Crippen LogP contribution in [-0.2, 0) is 14.3 Å². The number of rotatable bonds is 8. The quantitative estimate of drug-likeness (QED) is 0.667. The topological polar surface area (TPSA) is 108 Å². The van der Waals surface area contributed by atoms with Gasteiger partial charge in [0.2, 0.25) is 0 Å². The number of esters is 1. The number of hydrogen-bond acceptors (Lipinski definition) is 5. The van der Waals surface area contributed by atoms with Crippen molar-refractivity contribution in [3.8, 4) is 5.75 Å². The number of nitrogens with one attached hydrogen (secondary N) is 1. The molecule has 2 amide bonds. The van der Waals surface area contributed by atoms with Gasteiger partial charge in [-0.3, -0.25) is 9.59 Å². The first-order valence-corrected chi connectivity index (χ1v) is 6.48. The second kappa shape index (κ2) is 8.57. The van der Waals surface area contributed by atoms with Crippen LogP contribution < -0.4 is 15.8 Å². The van der Waals surface area contributed by atoms with Gasteiger partial charge in [-0.15, -0.1) is 0 Å². The molecule has 21 heavy (non-hydrogen) atoms. The second-order valence-corrected chi connectivity index (χ2v) is 4.21. The summed E-state index contributed by atoms with van der Waals surface area (Å²) in [5.74, 6) is -1.13. The fraction of sp³-hybridized carbons (Fsp3) is 0.357. The van der Waals surface area contributed by atoms with Crippen LogP contribution in [-0.4, -0.2) is 37.5 Å². The molecule has 0 aliphatic heterocycles. The zero-order valence-electron chi connectivity index (χ0n) is 11.8. The lowest BCUT2D eigenvalue weighted by Gasteiger charge is -2.07. The number of carbonyl (C=O) groups is 3. The summed E-state index contributed by atoms with van der Waals surface area (Å²) in [4.78, 5) is 33.5. The van der Waals surface area contributed by atoms with Gasteiger partial charge in [0.05, 0.1) is 5.56 Å². The number of benzene rings is 1. The van der Waals surface area contributed by atoms with Crippen molar-refractivity contribution < 1.29 is 23.9 Å². The number of primary amides is 1. The standard InChI is InChI=1S/C14H18N2O5/c1-2-7-16-13(18)9-21-14(19)10-3-5-11(6-4-10)20-8-12(15)17/h3-6H,2,7-9H2,1H3,(H2,15,17)(H,16,18). The first-order valence-electron chi connectivity index (χ1n) is 6.48. The van der Waals surface area contributed by atoms with E-state index in [4.69, 9.17) is 15.2 Å². The molecule has 0 aliphatic carbocycles. The summed E-state index contributed by atoms with van der Waals surface area (Å²) in [5, 5.41) is 2.60. The Morgan fingerprint density at radius 3 is 2.38 bits per heavy atom. The first kappa shape index (κ1) is 16.5. The van der Waals surface area contributed by atoms with Crippen LogP contribution in [0.5, 0.6) is 5.75 Å². The molecule has 0 unspecified atom stereocenters. The summed E-state index contributed by atoms with van der Waals surface area (Å²) in [6.45, 7) is 1.91. The van der Waals surface area contributed by atoms with Crippen molar-refractivity contribution in [2.24, 2.45) is 5.73 Å². The minimum atomic E-state index is -0.608. The Balaban J connectivity index is 2.44. The third-order valence-electron chi connectivity index (χ3n) is 2.38. The average molecular weight is 294 g/mol. The Kier molecular flexibility index (Phi) is 6.73. The molecule has 0 atom stereocenters. The van der Waals surface area contributed by atoms with Gasteiger partial charge >= 0.3 is 5.97 Å². The van der Waals surface area contributed by atoms with E-state index in [9.17, 15) is 14.4 Å². The Morgan fingerprint density at radius 2 is 1.81 bits per heavy atom. The highest BCUT2D eigenvalue weighted by molar-refractivity contribution is 5.91. The van der Waals surface area contributed by atoms with E-state index in [0.717, 1.165) is 6.42 Å². The van der Waals surface area contributed by atoms with E-state index in [2.05, 4.69) is 5.32 Å². The lowest BCUT2D eigenvalue weighted by Crippen LogP contribution is -2.29. The van der Waals surface area contributed by atoms with Crippen LogP contribution in [0.25, 0.3) is 0 Å². The van der Waals surface area contributed by atoms with Gasteiger partial charge in [0.1, 0.15) is 5.75 Å². The van der Waals surface area contributed by atoms with Gasteiger partial charge in [-0.1, -0.05) is 6.92 Å². The molecule has 0 fully saturated rings. The highest BCUT2D eigenvalue weighted by Crippen LogP contribution is 2.12. The molecule has 7 nitrogen and oxygen atoms in total. The summed E-state index contributed by atoms with van der Waals surface area (Å²) in [7, 11) is 0. The summed E-state index contributed by atoms with van der Waals surface area (Å²) in [6, 6.07) is 5.97. The number of nitrogens with two attached hydrogens (primary N) is 1. The van der Waals surface area contributed by atoms with Crippen molar-refractivity contribution in [3.63, 3.8) is 0 Å². The van der Waals surface area contributed by atoms with E-state index >= 15 is 0 Å². The van der Waals surface area contributed by atoms with Crippen LogP contribution in [0.15, 0.2) is 24.3 Å². The maximum absolute atomic E-state index is 11.7. The molecule has 0 aliphatic rings. The van der Waals surface area contributed by atoms with Gasteiger partial charge in [0.25, 0.3) is 11.8 Å². The van der Waals surface area contributed by atoms with E-state index in [-0.39, 0.29) is 24.7 Å². The average Bonchev–Trinajstić information content (AvgIpc) is 2.49. The van der Waals surface area contributed by atoms with E-state index in [1.807, 2.05) is 6.92 Å². The summed E-state index contributed by atoms with van der Waals surface area (Å²) in [5.41, 5.74) is 5.23. The maximum Gasteiger partial charge on any atom is 0.338 e. The SMILES string of the molecule is CCCNC(=O)COC(=O)c1ccc(OCC(N)=O)cc1. The van der Waals surface area contributed by atoms with E-state index in [0.29, 0.717) is 12.3 Å². The van der Waals surface area contributed by atoms with Crippen molar-refractivity contribution in [3.05, 3.63) is 29.8 Å². The van der Waals surface area contributed by atoms with Crippen molar-refractivity contribution in [1.29, 1.82) is 0 Å². The maximum atomic E-state index is 11.7. The van der Waals surface area contributed by atoms with Crippen LogP contribution in [0, 0.1) is 0 Å². The molecule has 0 saturated heterocycles. The number of hydrogen-bond donors (Lipinski definition) is 2. The molecular weight excluding hydrogens is 276 g/mol. The third-order valence-corrected chi connectivity index (χ3v) is 2.38. The van der Waals surface area contributed by atoms with Gasteiger partial charge in [0, 0.05) is 6.54 Å². The molecule has 0 aromatic heterocycles. The molecule has 0 heterocycles.